The lowest BCUT2D eigenvalue weighted by atomic mass is 10.1. The number of rotatable bonds is 4. The minimum Gasteiger partial charge on any atom is -0.508 e. The van der Waals surface area contributed by atoms with Crippen LogP contribution in [0.2, 0.25) is 0 Å². The summed E-state index contributed by atoms with van der Waals surface area (Å²) in [5.41, 5.74) is 0.981. The second-order valence-corrected chi connectivity index (χ2v) is 6.00. The molecule has 0 aromatic heterocycles. The van der Waals surface area contributed by atoms with Crippen LogP contribution in [0.15, 0.2) is 24.3 Å². The molecule has 2 heterocycles. The number of morpholine rings is 2. The third kappa shape index (κ3) is 4.43. The fourth-order valence-electron chi connectivity index (χ4n) is 3.06. The van der Waals surface area contributed by atoms with Crippen molar-refractivity contribution in [3.8, 4) is 5.75 Å². The lowest BCUT2D eigenvalue weighted by Crippen LogP contribution is -2.44. The monoisotopic (exact) mass is 320 g/mol. The number of hydrogen-bond acceptors (Lipinski definition) is 5. The highest BCUT2D eigenvalue weighted by Gasteiger charge is 2.24. The Morgan fingerprint density at radius 3 is 2.83 bits per heavy atom. The Labute approximate surface area is 136 Å². The summed E-state index contributed by atoms with van der Waals surface area (Å²) in [6.07, 6.45) is 0.488. The number of carbonyl (C=O) groups excluding carboxylic acids is 1. The number of nitrogens with zero attached hydrogens (tertiary/aromatic N) is 2. The van der Waals surface area contributed by atoms with E-state index in [9.17, 15) is 9.90 Å². The zero-order chi connectivity index (χ0) is 16.1. The van der Waals surface area contributed by atoms with Gasteiger partial charge in [-0.25, -0.2) is 0 Å². The number of benzene rings is 1. The first-order valence-corrected chi connectivity index (χ1v) is 8.21. The summed E-state index contributed by atoms with van der Waals surface area (Å²) < 4.78 is 11.1. The van der Waals surface area contributed by atoms with E-state index in [1.165, 1.54) is 0 Å². The van der Waals surface area contributed by atoms with Crippen LogP contribution in [0.5, 0.6) is 5.75 Å². The molecule has 1 aromatic carbocycles. The van der Waals surface area contributed by atoms with Crippen molar-refractivity contribution in [3.63, 3.8) is 0 Å². The predicted octanol–water partition coefficient (Wildman–Crippen LogP) is 1.01. The van der Waals surface area contributed by atoms with Gasteiger partial charge in [-0.05, 0) is 17.7 Å². The fourth-order valence-corrected chi connectivity index (χ4v) is 3.06. The maximum absolute atomic E-state index is 12.2. The van der Waals surface area contributed by atoms with Crippen molar-refractivity contribution in [2.45, 2.75) is 12.5 Å². The van der Waals surface area contributed by atoms with Crippen LogP contribution in [0.1, 0.15) is 18.1 Å². The Kier molecular flexibility index (Phi) is 5.48. The van der Waals surface area contributed by atoms with Gasteiger partial charge in [-0.15, -0.1) is 0 Å². The summed E-state index contributed by atoms with van der Waals surface area (Å²) >= 11 is 0. The van der Waals surface area contributed by atoms with Crippen molar-refractivity contribution in [3.05, 3.63) is 29.8 Å². The molecule has 23 heavy (non-hydrogen) atoms. The highest BCUT2D eigenvalue weighted by atomic mass is 16.5. The maximum Gasteiger partial charge on any atom is 0.224 e. The van der Waals surface area contributed by atoms with Crippen LogP contribution in [0.4, 0.5) is 0 Å². The van der Waals surface area contributed by atoms with E-state index in [4.69, 9.17) is 9.47 Å². The molecule has 1 N–H and O–H groups in total. The minimum absolute atomic E-state index is 0.0469. The largest absolute Gasteiger partial charge is 0.508 e. The number of phenols is 1. The molecule has 0 unspecified atom stereocenters. The molecule has 0 radical (unpaired) electrons. The molecule has 1 aromatic rings. The highest BCUT2D eigenvalue weighted by molar-refractivity contribution is 5.76. The van der Waals surface area contributed by atoms with Gasteiger partial charge in [-0.2, -0.15) is 0 Å². The fraction of sp³-hybridized carbons (Fsp3) is 0.588. The Hall–Kier alpha value is -1.63. The van der Waals surface area contributed by atoms with E-state index in [-0.39, 0.29) is 17.8 Å². The molecule has 0 aliphatic carbocycles. The van der Waals surface area contributed by atoms with Crippen molar-refractivity contribution in [1.82, 2.24) is 9.80 Å². The van der Waals surface area contributed by atoms with Crippen LogP contribution < -0.4 is 0 Å². The number of amides is 1. The average molecular weight is 320 g/mol. The van der Waals surface area contributed by atoms with Crippen LogP contribution in [0.25, 0.3) is 0 Å². The molecule has 0 spiro atoms. The maximum atomic E-state index is 12.2. The van der Waals surface area contributed by atoms with Gasteiger partial charge in [0.1, 0.15) is 5.75 Å². The van der Waals surface area contributed by atoms with E-state index in [1.807, 2.05) is 17.0 Å². The average Bonchev–Trinajstić information content (AvgIpc) is 2.61. The normalized spacial score (nSPS) is 23.0. The van der Waals surface area contributed by atoms with Gasteiger partial charge < -0.3 is 19.5 Å². The van der Waals surface area contributed by atoms with Gasteiger partial charge in [0.2, 0.25) is 5.91 Å². The Morgan fingerprint density at radius 1 is 1.22 bits per heavy atom. The van der Waals surface area contributed by atoms with Crippen molar-refractivity contribution >= 4 is 5.91 Å². The number of hydrogen-bond donors (Lipinski definition) is 1. The second-order valence-electron chi connectivity index (χ2n) is 6.00. The molecule has 2 aliphatic rings. The quantitative estimate of drug-likeness (QED) is 0.897. The van der Waals surface area contributed by atoms with E-state index in [0.717, 1.165) is 25.2 Å². The van der Waals surface area contributed by atoms with E-state index in [2.05, 4.69) is 4.90 Å². The van der Waals surface area contributed by atoms with Gasteiger partial charge in [-0.3, -0.25) is 9.69 Å². The third-order valence-electron chi connectivity index (χ3n) is 4.40. The molecule has 3 rings (SSSR count). The minimum atomic E-state index is -0.0469. The van der Waals surface area contributed by atoms with Crippen molar-refractivity contribution in [1.29, 1.82) is 0 Å². The van der Waals surface area contributed by atoms with Crippen molar-refractivity contribution < 1.29 is 19.4 Å². The molecule has 0 bridgehead atoms. The first-order valence-electron chi connectivity index (χ1n) is 8.21. The molecular weight excluding hydrogens is 296 g/mol. The highest BCUT2D eigenvalue weighted by Crippen LogP contribution is 2.25. The second kappa shape index (κ2) is 7.77. The number of ether oxygens (including phenoxy) is 2. The molecule has 1 amide bonds. The summed E-state index contributed by atoms with van der Waals surface area (Å²) in [4.78, 5) is 16.4. The molecule has 1 atom stereocenters. The summed E-state index contributed by atoms with van der Waals surface area (Å²) in [5, 5.41) is 9.60. The molecule has 0 saturated carbocycles. The molecule has 2 fully saturated rings. The van der Waals surface area contributed by atoms with Crippen molar-refractivity contribution in [2.24, 2.45) is 0 Å². The van der Waals surface area contributed by atoms with Crippen LogP contribution in [0.3, 0.4) is 0 Å². The summed E-state index contributed by atoms with van der Waals surface area (Å²) in [5.74, 6) is 0.458. The molecule has 2 saturated heterocycles. The number of carbonyl (C=O) groups is 1. The van der Waals surface area contributed by atoms with Crippen LogP contribution >= 0.6 is 0 Å². The van der Waals surface area contributed by atoms with E-state index < -0.39 is 0 Å². The molecule has 2 aliphatic heterocycles. The zero-order valence-electron chi connectivity index (χ0n) is 13.3. The van der Waals surface area contributed by atoms with E-state index in [0.29, 0.717) is 39.3 Å². The van der Waals surface area contributed by atoms with Gasteiger partial charge in [0.15, 0.2) is 0 Å². The Morgan fingerprint density at radius 2 is 2.04 bits per heavy atom. The predicted molar refractivity (Wildman–Crippen MR) is 85.3 cm³/mol. The standard InChI is InChI=1S/C17H24N2O4/c20-15-3-1-2-14(12-15)16-13-18(6-11-23-16)5-4-17(21)19-7-9-22-10-8-19/h1-3,12,16,20H,4-11,13H2/t16-/m1/s1. The first-order chi connectivity index (χ1) is 11.2. The molecule has 6 nitrogen and oxygen atoms in total. The zero-order valence-corrected chi connectivity index (χ0v) is 13.3. The van der Waals surface area contributed by atoms with Gasteiger partial charge >= 0.3 is 0 Å². The Balaban J connectivity index is 1.49. The number of aromatic hydroxyl groups is 1. The van der Waals surface area contributed by atoms with Gasteiger partial charge in [0.05, 0.1) is 25.9 Å². The first kappa shape index (κ1) is 16.2. The molecular formula is C17H24N2O4. The van der Waals surface area contributed by atoms with E-state index in [1.54, 1.807) is 12.1 Å². The summed E-state index contributed by atoms with van der Waals surface area (Å²) in [6, 6.07) is 7.19. The van der Waals surface area contributed by atoms with E-state index >= 15 is 0 Å². The van der Waals surface area contributed by atoms with Crippen molar-refractivity contribution in [2.75, 3.05) is 52.5 Å². The summed E-state index contributed by atoms with van der Waals surface area (Å²) in [7, 11) is 0. The SMILES string of the molecule is O=C(CCN1CCO[C@@H](c2cccc(O)c2)C1)N1CCOCC1. The van der Waals surface area contributed by atoms with Crippen LogP contribution in [-0.4, -0.2) is 73.4 Å². The van der Waals surface area contributed by atoms with Gasteiger partial charge in [-0.1, -0.05) is 12.1 Å². The lowest BCUT2D eigenvalue weighted by molar-refractivity contribution is -0.136. The van der Waals surface area contributed by atoms with Gasteiger partial charge in [0.25, 0.3) is 0 Å². The number of phenolic OH excluding ortho intramolecular Hbond substituents is 1. The third-order valence-corrected chi connectivity index (χ3v) is 4.40. The molecule has 6 heteroatoms. The van der Waals surface area contributed by atoms with Gasteiger partial charge in [0, 0.05) is 39.1 Å². The lowest BCUT2D eigenvalue weighted by Gasteiger charge is -2.34. The smallest absolute Gasteiger partial charge is 0.224 e. The van der Waals surface area contributed by atoms with Crippen LogP contribution in [-0.2, 0) is 14.3 Å². The Bertz CT molecular complexity index is 531. The van der Waals surface area contributed by atoms with Crippen LogP contribution in [0, 0.1) is 0 Å². The summed E-state index contributed by atoms with van der Waals surface area (Å²) in [6.45, 7) is 5.67. The molecule has 126 valence electrons. The topological polar surface area (TPSA) is 62.2 Å².